The number of nitrogens with zero attached hydrogens (tertiary/aromatic N) is 1. The summed E-state index contributed by atoms with van der Waals surface area (Å²) in [4.78, 5) is 26.8. The van der Waals surface area contributed by atoms with Gasteiger partial charge in [0.25, 0.3) is 0 Å². The monoisotopic (exact) mass is 210 g/mol. The highest BCUT2D eigenvalue weighted by Crippen LogP contribution is 2.09. The lowest BCUT2D eigenvalue weighted by Crippen LogP contribution is -2.29. The average Bonchev–Trinajstić information content (AvgIpc) is 2.69. The van der Waals surface area contributed by atoms with E-state index in [9.17, 15) is 9.59 Å². The molecular weight excluding hydrogens is 196 g/mol. The highest BCUT2D eigenvalue weighted by atomic mass is 16.5. The number of H-pyrrole nitrogens is 1. The molecule has 5 nitrogen and oxygen atoms in total. The number of carbonyl (C=O) groups excluding carboxylic acids is 2. The molecule has 1 aromatic rings. The van der Waals surface area contributed by atoms with Crippen molar-refractivity contribution in [1.29, 1.82) is 0 Å². The molecule has 5 heteroatoms. The zero-order valence-electron chi connectivity index (χ0n) is 8.82. The predicted molar refractivity (Wildman–Crippen MR) is 55.5 cm³/mol. The molecule has 0 unspecified atom stereocenters. The van der Waals surface area contributed by atoms with E-state index in [2.05, 4.69) is 9.72 Å². The van der Waals surface area contributed by atoms with Gasteiger partial charge in [0.2, 0.25) is 5.91 Å². The highest BCUT2D eigenvalue weighted by Gasteiger charge is 2.16. The van der Waals surface area contributed by atoms with Crippen molar-refractivity contribution in [2.75, 3.05) is 18.6 Å². The Hall–Kier alpha value is -1.78. The van der Waals surface area contributed by atoms with Crippen LogP contribution in [0.15, 0.2) is 18.3 Å². The van der Waals surface area contributed by atoms with Crippen molar-refractivity contribution in [3.05, 3.63) is 18.3 Å². The molecule has 0 fully saturated rings. The van der Waals surface area contributed by atoms with Gasteiger partial charge in [-0.1, -0.05) is 0 Å². The summed E-state index contributed by atoms with van der Waals surface area (Å²) in [6, 6.07) is 3.53. The quantitative estimate of drug-likeness (QED) is 0.594. The topological polar surface area (TPSA) is 62.4 Å². The Balaban J connectivity index is 2.51. The van der Waals surface area contributed by atoms with Crippen LogP contribution in [0.3, 0.4) is 0 Å². The summed E-state index contributed by atoms with van der Waals surface area (Å²) < 4.78 is 4.68. The van der Waals surface area contributed by atoms with Gasteiger partial charge in [-0.3, -0.25) is 9.59 Å². The number of esters is 1. The first-order valence-electron chi connectivity index (χ1n) is 4.70. The SMILES string of the molecule is CCOC(=O)CC(=O)N(C)c1ccc[nH]1. The molecule has 0 radical (unpaired) electrons. The van der Waals surface area contributed by atoms with Crippen molar-refractivity contribution >= 4 is 17.7 Å². The summed E-state index contributed by atoms with van der Waals surface area (Å²) in [6.45, 7) is 2.00. The van der Waals surface area contributed by atoms with Crippen LogP contribution in [-0.4, -0.2) is 30.5 Å². The number of aromatic amines is 1. The Bertz CT molecular complexity index is 332. The van der Waals surface area contributed by atoms with Crippen molar-refractivity contribution in [2.24, 2.45) is 0 Å². The van der Waals surface area contributed by atoms with E-state index in [-0.39, 0.29) is 12.3 Å². The van der Waals surface area contributed by atoms with Crippen molar-refractivity contribution in [3.63, 3.8) is 0 Å². The minimum absolute atomic E-state index is 0.233. The van der Waals surface area contributed by atoms with Gasteiger partial charge in [-0.05, 0) is 19.1 Å². The lowest BCUT2D eigenvalue weighted by molar-refractivity contribution is -0.145. The molecule has 15 heavy (non-hydrogen) atoms. The van der Waals surface area contributed by atoms with Gasteiger partial charge in [0.1, 0.15) is 12.2 Å². The zero-order valence-corrected chi connectivity index (χ0v) is 8.82. The molecule has 0 aliphatic rings. The summed E-state index contributed by atoms with van der Waals surface area (Å²) in [5.41, 5.74) is 0. The number of ether oxygens (including phenoxy) is 1. The summed E-state index contributed by atoms with van der Waals surface area (Å²) in [5.74, 6) is -0.138. The maximum absolute atomic E-state index is 11.5. The minimum atomic E-state index is -0.499. The standard InChI is InChI=1S/C10H14N2O3/c1-3-15-10(14)7-9(13)12(2)8-5-4-6-11-8/h4-6,11H,3,7H2,1-2H3. The summed E-state index contributed by atoms with van der Waals surface area (Å²) in [5, 5.41) is 0. The third-order valence-electron chi connectivity index (χ3n) is 1.92. The molecule has 0 aromatic carbocycles. The van der Waals surface area contributed by atoms with E-state index in [4.69, 9.17) is 0 Å². The lowest BCUT2D eigenvalue weighted by atomic mass is 10.3. The number of rotatable bonds is 4. The minimum Gasteiger partial charge on any atom is -0.466 e. The van der Waals surface area contributed by atoms with Gasteiger partial charge in [-0.25, -0.2) is 0 Å². The van der Waals surface area contributed by atoms with Crippen molar-refractivity contribution in [3.8, 4) is 0 Å². The lowest BCUT2D eigenvalue weighted by Gasteiger charge is -2.14. The van der Waals surface area contributed by atoms with Crippen LogP contribution in [0.5, 0.6) is 0 Å². The van der Waals surface area contributed by atoms with Crippen LogP contribution in [-0.2, 0) is 14.3 Å². The zero-order chi connectivity index (χ0) is 11.3. The van der Waals surface area contributed by atoms with E-state index in [0.717, 1.165) is 0 Å². The first-order valence-corrected chi connectivity index (χ1v) is 4.70. The Labute approximate surface area is 88.0 Å². The van der Waals surface area contributed by atoms with Crippen LogP contribution in [0, 0.1) is 0 Å². The van der Waals surface area contributed by atoms with E-state index in [1.54, 1.807) is 32.3 Å². The third kappa shape index (κ3) is 3.12. The van der Waals surface area contributed by atoms with Crippen molar-refractivity contribution < 1.29 is 14.3 Å². The molecule has 1 aromatic heterocycles. The molecule has 82 valence electrons. The second-order valence-electron chi connectivity index (χ2n) is 2.99. The fourth-order valence-corrected chi connectivity index (χ4v) is 1.12. The smallest absolute Gasteiger partial charge is 0.315 e. The highest BCUT2D eigenvalue weighted by molar-refractivity contribution is 6.02. The van der Waals surface area contributed by atoms with E-state index < -0.39 is 5.97 Å². The number of hydrogen-bond donors (Lipinski definition) is 1. The van der Waals surface area contributed by atoms with Crippen molar-refractivity contribution in [2.45, 2.75) is 13.3 Å². The van der Waals surface area contributed by atoms with E-state index in [1.165, 1.54) is 4.90 Å². The number of carbonyl (C=O) groups is 2. The maximum Gasteiger partial charge on any atom is 0.315 e. The van der Waals surface area contributed by atoms with Crippen LogP contribution in [0.2, 0.25) is 0 Å². The summed E-state index contributed by atoms with van der Waals surface area (Å²) >= 11 is 0. The molecule has 0 atom stereocenters. The number of hydrogen-bond acceptors (Lipinski definition) is 3. The van der Waals surface area contributed by atoms with Gasteiger partial charge < -0.3 is 14.6 Å². The second-order valence-corrected chi connectivity index (χ2v) is 2.99. The molecule has 0 saturated carbocycles. The summed E-state index contributed by atoms with van der Waals surface area (Å²) in [6.07, 6.45) is 1.48. The predicted octanol–water partition coefficient (Wildman–Crippen LogP) is 0.931. The number of amides is 1. The van der Waals surface area contributed by atoms with Crippen molar-refractivity contribution in [1.82, 2.24) is 4.98 Å². The van der Waals surface area contributed by atoms with Gasteiger partial charge >= 0.3 is 5.97 Å². The molecule has 1 heterocycles. The first kappa shape index (κ1) is 11.3. The molecule has 1 rings (SSSR count). The van der Waals surface area contributed by atoms with Crippen LogP contribution >= 0.6 is 0 Å². The second kappa shape index (κ2) is 5.19. The van der Waals surface area contributed by atoms with Gasteiger partial charge in [-0.15, -0.1) is 0 Å². The van der Waals surface area contributed by atoms with Gasteiger partial charge in [-0.2, -0.15) is 0 Å². The van der Waals surface area contributed by atoms with E-state index in [0.29, 0.717) is 12.4 Å². The summed E-state index contributed by atoms with van der Waals surface area (Å²) in [7, 11) is 1.60. The van der Waals surface area contributed by atoms with Crippen LogP contribution in [0.25, 0.3) is 0 Å². The number of aromatic nitrogens is 1. The molecule has 0 bridgehead atoms. The van der Waals surface area contributed by atoms with Gasteiger partial charge in [0, 0.05) is 13.2 Å². The average molecular weight is 210 g/mol. The normalized spacial score (nSPS) is 9.73. The Kier molecular flexibility index (Phi) is 3.91. The van der Waals surface area contributed by atoms with Crippen LogP contribution in [0.1, 0.15) is 13.3 Å². The van der Waals surface area contributed by atoms with Crippen LogP contribution < -0.4 is 4.90 Å². The Morgan fingerprint density at radius 1 is 1.53 bits per heavy atom. The molecular formula is C10H14N2O3. The Morgan fingerprint density at radius 2 is 2.27 bits per heavy atom. The fourth-order valence-electron chi connectivity index (χ4n) is 1.12. The molecule has 0 aliphatic carbocycles. The molecule has 0 aliphatic heterocycles. The number of nitrogens with one attached hydrogen (secondary N) is 1. The van der Waals surface area contributed by atoms with E-state index >= 15 is 0 Å². The molecule has 0 spiro atoms. The third-order valence-corrected chi connectivity index (χ3v) is 1.92. The number of anilines is 1. The molecule has 1 amide bonds. The molecule has 0 saturated heterocycles. The van der Waals surface area contributed by atoms with Gasteiger partial charge in [0.15, 0.2) is 0 Å². The van der Waals surface area contributed by atoms with Gasteiger partial charge in [0.05, 0.1) is 6.61 Å². The Morgan fingerprint density at radius 3 is 2.80 bits per heavy atom. The van der Waals surface area contributed by atoms with E-state index in [1.807, 2.05) is 0 Å². The first-order chi connectivity index (χ1) is 7.15. The largest absolute Gasteiger partial charge is 0.466 e. The fraction of sp³-hybridized carbons (Fsp3) is 0.400. The maximum atomic E-state index is 11.5. The molecule has 1 N–H and O–H groups in total. The van der Waals surface area contributed by atoms with Crippen LogP contribution in [0.4, 0.5) is 5.82 Å².